The number of aliphatic hydroxyl groups is 1. The maximum atomic E-state index is 12.4. The molecule has 0 unspecified atom stereocenters. The highest BCUT2D eigenvalue weighted by Gasteiger charge is 2.59. The average Bonchev–Trinajstić information content (AvgIpc) is 3.18. The Balaban J connectivity index is 1.64. The van der Waals surface area contributed by atoms with Gasteiger partial charge in [-0.25, -0.2) is 4.79 Å². The molecule has 0 spiro atoms. The van der Waals surface area contributed by atoms with Crippen molar-refractivity contribution in [2.45, 2.75) is 51.0 Å². The van der Waals surface area contributed by atoms with Crippen LogP contribution in [0.4, 0.5) is 0 Å². The van der Waals surface area contributed by atoms with Crippen molar-refractivity contribution in [3.05, 3.63) is 11.6 Å². The van der Waals surface area contributed by atoms with E-state index in [1.807, 2.05) is 6.08 Å². The normalized spacial score (nSPS) is 37.4. The van der Waals surface area contributed by atoms with Gasteiger partial charge in [-0.1, -0.05) is 6.08 Å². The Morgan fingerprint density at radius 1 is 1.44 bits per heavy atom. The first-order valence-electron chi connectivity index (χ1n) is 8.45. The lowest BCUT2D eigenvalue weighted by atomic mass is 9.87. The van der Waals surface area contributed by atoms with Gasteiger partial charge in [0.05, 0.1) is 12.0 Å². The largest absolute Gasteiger partial charge is 0.460 e. The highest BCUT2D eigenvalue weighted by molar-refractivity contribution is 5.91. The van der Waals surface area contributed by atoms with Crippen molar-refractivity contribution >= 4 is 17.9 Å². The van der Waals surface area contributed by atoms with Crippen LogP contribution in [0.15, 0.2) is 11.6 Å². The summed E-state index contributed by atoms with van der Waals surface area (Å²) in [6.07, 6.45) is 1.45. The van der Waals surface area contributed by atoms with Gasteiger partial charge in [-0.15, -0.1) is 0 Å². The number of ether oxygens (including phenoxy) is 3. The quantitative estimate of drug-likeness (QED) is 0.421. The highest BCUT2D eigenvalue weighted by Crippen LogP contribution is 2.35. The maximum absolute atomic E-state index is 12.4. The van der Waals surface area contributed by atoms with Gasteiger partial charge in [0, 0.05) is 20.0 Å². The van der Waals surface area contributed by atoms with Crippen LogP contribution in [-0.4, -0.2) is 71.5 Å². The lowest BCUT2D eigenvalue weighted by Gasteiger charge is -2.27. The average molecular weight is 353 g/mol. The Morgan fingerprint density at radius 2 is 2.16 bits per heavy atom. The van der Waals surface area contributed by atoms with E-state index in [1.165, 1.54) is 20.8 Å². The molecule has 0 aromatic carbocycles. The molecule has 0 saturated carbocycles. The van der Waals surface area contributed by atoms with Gasteiger partial charge in [-0.2, -0.15) is 0 Å². The molecule has 1 N–H and O–H groups in total. The molecule has 0 aromatic rings. The highest BCUT2D eigenvalue weighted by atomic mass is 16.6. The summed E-state index contributed by atoms with van der Waals surface area (Å²) in [5.41, 5.74) is -1.15. The second kappa shape index (κ2) is 6.42. The molecule has 138 valence electrons. The molecule has 0 aliphatic carbocycles. The molecular weight excluding hydrogens is 330 g/mol. The third-order valence-electron chi connectivity index (χ3n) is 5.35. The summed E-state index contributed by atoms with van der Waals surface area (Å²) in [7, 11) is 0. The van der Waals surface area contributed by atoms with E-state index < -0.39 is 29.6 Å². The molecule has 8 heteroatoms. The third kappa shape index (κ3) is 2.93. The first-order valence-corrected chi connectivity index (χ1v) is 8.45. The molecule has 0 aromatic heterocycles. The topological polar surface area (TPSA) is 102 Å². The second-order valence-electron chi connectivity index (χ2n) is 6.86. The predicted molar refractivity (Wildman–Crippen MR) is 84.2 cm³/mol. The van der Waals surface area contributed by atoms with E-state index in [4.69, 9.17) is 14.2 Å². The number of fused-ring (bicyclic) bond motifs is 1. The predicted octanol–water partition coefficient (Wildman–Crippen LogP) is -0.212. The van der Waals surface area contributed by atoms with Crippen LogP contribution in [0.5, 0.6) is 0 Å². The van der Waals surface area contributed by atoms with Gasteiger partial charge in [0.1, 0.15) is 18.8 Å². The number of nitrogens with zero attached hydrogens (tertiary/aromatic N) is 1. The zero-order valence-electron chi connectivity index (χ0n) is 14.6. The molecule has 3 aliphatic rings. The van der Waals surface area contributed by atoms with Crippen LogP contribution in [-0.2, 0) is 28.6 Å². The zero-order chi connectivity index (χ0) is 18.4. The number of hydrogen-bond donors (Lipinski definition) is 1. The number of carbonyl (C=O) groups excluding carboxylic acids is 3. The number of esters is 3. The molecular formula is C17H23NO7. The molecule has 5 atom stereocenters. The first kappa shape index (κ1) is 17.9. The Morgan fingerprint density at radius 3 is 2.76 bits per heavy atom. The van der Waals surface area contributed by atoms with Crippen molar-refractivity contribution in [3.8, 4) is 0 Å². The van der Waals surface area contributed by atoms with Gasteiger partial charge >= 0.3 is 17.9 Å². The molecule has 2 fully saturated rings. The summed E-state index contributed by atoms with van der Waals surface area (Å²) in [6, 6.07) is -0.109. The van der Waals surface area contributed by atoms with E-state index in [1.54, 1.807) is 0 Å². The van der Waals surface area contributed by atoms with Crippen molar-refractivity contribution in [1.82, 2.24) is 4.90 Å². The number of rotatable bonds is 4. The van der Waals surface area contributed by atoms with Crippen LogP contribution in [0.3, 0.4) is 0 Å². The Bertz CT molecular complexity index is 630. The minimum atomic E-state index is -1.99. The Kier molecular flexibility index (Phi) is 4.59. The monoisotopic (exact) mass is 353 g/mol. The van der Waals surface area contributed by atoms with Crippen LogP contribution in [0.1, 0.15) is 27.2 Å². The van der Waals surface area contributed by atoms with Crippen molar-refractivity contribution in [1.29, 1.82) is 0 Å². The van der Waals surface area contributed by atoms with Crippen LogP contribution in [0.2, 0.25) is 0 Å². The lowest BCUT2D eigenvalue weighted by molar-refractivity contribution is -0.173. The number of hydrogen-bond acceptors (Lipinski definition) is 8. The molecule has 0 amide bonds. The first-order chi connectivity index (χ1) is 11.7. The molecule has 3 heterocycles. The van der Waals surface area contributed by atoms with Crippen LogP contribution >= 0.6 is 0 Å². The summed E-state index contributed by atoms with van der Waals surface area (Å²) >= 11 is 0. The smallest absolute Gasteiger partial charge is 0.343 e. The molecule has 3 rings (SSSR count). The van der Waals surface area contributed by atoms with E-state index in [2.05, 4.69) is 4.90 Å². The SMILES string of the molecule is CC(=O)O[C@@H]1CCN2CC=C(COC(=O)[C@]3(O)[C@H](C)OC(=O)[C@@H]3C)[C@H]12. The number of carbonyl (C=O) groups is 3. The summed E-state index contributed by atoms with van der Waals surface area (Å²) < 4.78 is 15.6. The summed E-state index contributed by atoms with van der Waals surface area (Å²) in [5, 5.41) is 10.6. The minimum Gasteiger partial charge on any atom is -0.460 e. The van der Waals surface area contributed by atoms with Gasteiger partial charge in [0.2, 0.25) is 5.60 Å². The van der Waals surface area contributed by atoms with Crippen molar-refractivity contribution in [3.63, 3.8) is 0 Å². The second-order valence-corrected chi connectivity index (χ2v) is 6.86. The van der Waals surface area contributed by atoms with Gasteiger partial charge in [0.15, 0.2) is 0 Å². The number of cyclic esters (lactones) is 1. The Labute approximate surface area is 145 Å². The van der Waals surface area contributed by atoms with Crippen LogP contribution in [0.25, 0.3) is 0 Å². The van der Waals surface area contributed by atoms with Crippen LogP contribution in [0, 0.1) is 5.92 Å². The van der Waals surface area contributed by atoms with Gasteiger partial charge in [-0.05, 0) is 25.8 Å². The van der Waals surface area contributed by atoms with Gasteiger partial charge in [-0.3, -0.25) is 14.5 Å². The van der Waals surface area contributed by atoms with Crippen LogP contribution < -0.4 is 0 Å². The summed E-state index contributed by atoms with van der Waals surface area (Å²) in [6.45, 7) is 5.76. The molecule has 8 nitrogen and oxygen atoms in total. The summed E-state index contributed by atoms with van der Waals surface area (Å²) in [5.74, 6) is -2.82. The summed E-state index contributed by atoms with van der Waals surface area (Å²) in [4.78, 5) is 37.4. The molecule has 2 saturated heterocycles. The Hall–Kier alpha value is -1.93. The lowest BCUT2D eigenvalue weighted by Crippen LogP contribution is -2.50. The van der Waals surface area contributed by atoms with Crippen molar-refractivity contribution < 1.29 is 33.7 Å². The third-order valence-corrected chi connectivity index (χ3v) is 5.35. The maximum Gasteiger partial charge on any atom is 0.343 e. The zero-order valence-corrected chi connectivity index (χ0v) is 14.6. The van der Waals surface area contributed by atoms with E-state index in [0.29, 0.717) is 6.54 Å². The van der Waals surface area contributed by atoms with E-state index in [9.17, 15) is 19.5 Å². The van der Waals surface area contributed by atoms with Crippen molar-refractivity contribution in [2.75, 3.05) is 19.7 Å². The minimum absolute atomic E-state index is 0.0201. The molecule has 0 bridgehead atoms. The van der Waals surface area contributed by atoms with E-state index in [0.717, 1.165) is 18.5 Å². The molecule has 0 radical (unpaired) electrons. The molecule has 25 heavy (non-hydrogen) atoms. The van der Waals surface area contributed by atoms with E-state index >= 15 is 0 Å². The molecule has 3 aliphatic heterocycles. The fourth-order valence-corrected chi connectivity index (χ4v) is 3.84. The fourth-order valence-electron chi connectivity index (χ4n) is 3.84. The van der Waals surface area contributed by atoms with Gasteiger partial charge in [0.25, 0.3) is 0 Å². The standard InChI is InChI=1S/C17H23NO7/c1-9-15(20)24-10(2)17(9,22)16(21)23-8-12-4-6-18-7-5-13(14(12)18)25-11(3)19/h4,9-10,13-14,22H,5-8H2,1-3H3/t9-,10-,13+,14+,17+/m0/s1. The van der Waals surface area contributed by atoms with E-state index in [-0.39, 0.29) is 24.7 Å². The van der Waals surface area contributed by atoms with Gasteiger partial charge < -0.3 is 19.3 Å². The fraction of sp³-hybridized carbons (Fsp3) is 0.706. The van der Waals surface area contributed by atoms with Crippen molar-refractivity contribution in [2.24, 2.45) is 5.92 Å².